The van der Waals surface area contributed by atoms with E-state index in [4.69, 9.17) is 23.3 Å². The van der Waals surface area contributed by atoms with Crippen LogP contribution in [0, 0.1) is 0 Å². The van der Waals surface area contributed by atoms with Gasteiger partial charge in [0.1, 0.15) is 0 Å². The van der Waals surface area contributed by atoms with Gasteiger partial charge in [0.15, 0.2) is 6.26 Å². The van der Waals surface area contributed by atoms with Gasteiger partial charge in [0, 0.05) is 10.4 Å². The highest BCUT2D eigenvalue weighted by atomic mass is 32.3. The summed E-state index contributed by atoms with van der Waals surface area (Å²) >= 11 is 0. The Morgan fingerprint density at radius 3 is 2.09 bits per heavy atom. The van der Waals surface area contributed by atoms with Gasteiger partial charge in [-0.05, 0) is 0 Å². The molecule has 1 aromatic heterocycles. The van der Waals surface area contributed by atoms with Crippen molar-refractivity contribution in [1.82, 2.24) is 0 Å². The van der Waals surface area contributed by atoms with Gasteiger partial charge in [-0.2, -0.15) is 0 Å². The van der Waals surface area contributed by atoms with Crippen LogP contribution < -0.4 is 10.9 Å². The third kappa shape index (κ3) is 12.2. The van der Waals surface area contributed by atoms with Crippen LogP contribution in [0.5, 0.6) is 0 Å². The maximum atomic E-state index is 8.52. The molecule has 0 saturated heterocycles. The SMILES string of the molecule is Nc1cco[nH+]1.O=S(=O)([O-])[O-]. The molecule has 11 heavy (non-hydrogen) atoms. The van der Waals surface area contributed by atoms with Crippen LogP contribution in [-0.2, 0) is 10.4 Å². The molecule has 0 bridgehead atoms. The average Bonchev–Trinajstić information content (AvgIpc) is 2.12. The summed E-state index contributed by atoms with van der Waals surface area (Å²) in [6, 6.07) is 1.64. The maximum absolute atomic E-state index is 8.52. The van der Waals surface area contributed by atoms with Crippen LogP contribution in [0.15, 0.2) is 16.9 Å². The molecule has 0 spiro atoms. The van der Waals surface area contributed by atoms with E-state index in [-0.39, 0.29) is 0 Å². The number of aromatic nitrogens is 1. The first-order valence-electron chi connectivity index (χ1n) is 2.27. The first-order chi connectivity index (χ1) is 4.89. The summed E-state index contributed by atoms with van der Waals surface area (Å²) in [6.45, 7) is 0. The normalized spacial score (nSPS) is 10.0. The van der Waals surface area contributed by atoms with Gasteiger partial charge in [0.05, 0.1) is 6.07 Å². The quantitative estimate of drug-likeness (QED) is 0.376. The van der Waals surface area contributed by atoms with Gasteiger partial charge in [-0.25, -0.2) is 0 Å². The van der Waals surface area contributed by atoms with E-state index in [0.717, 1.165) is 0 Å². The first kappa shape index (κ1) is 9.88. The predicted octanol–water partition coefficient (Wildman–Crippen LogP) is -1.66. The topological polar surface area (TPSA) is 134 Å². The third-order valence-corrected chi connectivity index (χ3v) is 0.492. The van der Waals surface area contributed by atoms with Gasteiger partial charge in [0.2, 0.25) is 0 Å². The molecule has 0 fully saturated rings. The van der Waals surface area contributed by atoms with Crippen molar-refractivity contribution in [3.8, 4) is 0 Å². The van der Waals surface area contributed by atoms with E-state index in [2.05, 4.69) is 9.68 Å². The molecule has 1 aromatic rings. The smallest absolute Gasteiger partial charge is 0.307 e. The van der Waals surface area contributed by atoms with E-state index >= 15 is 0 Å². The van der Waals surface area contributed by atoms with E-state index in [0.29, 0.717) is 5.82 Å². The first-order valence-corrected chi connectivity index (χ1v) is 3.60. The molecule has 0 aliphatic heterocycles. The second kappa shape index (κ2) is 3.91. The number of nitrogens with one attached hydrogen (secondary N) is 1. The fourth-order valence-corrected chi connectivity index (χ4v) is 0.243. The minimum atomic E-state index is -5.17. The Morgan fingerprint density at radius 1 is 1.55 bits per heavy atom. The number of rotatable bonds is 0. The average molecular weight is 181 g/mol. The Morgan fingerprint density at radius 2 is 2.00 bits per heavy atom. The molecule has 0 aromatic carbocycles. The van der Waals surface area contributed by atoms with Crippen LogP contribution in [0.25, 0.3) is 0 Å². The number of nitrogens with two attached hydrogens (primary N) is 1. The van der Waals surface area contributed by atoms with E-state index in [1.54, 1.807) is 6.07 Å². The third-order valence-electron chi connectivity index (χ3n) is 0.492. The van der Waals surface area contributed by atoms with Gasteiger partial charge < -0.3 is 13.6 Å². The van der Waals surface area contributed by atoms with Crippen LogP contribution in [0.2, 0.25) is 0 Å². The van der Waals surface area contributed by atoms with Gasteiger partial charge in [-0.3, -0.25) is 14.2 Å². The summed E-state index contributed by atoms with van der Waals surface area (Å²) in [5.41, 5.74) is 5.13. The van der Waals surface area contributed by atoms with E-state index < -0.39 is 10.4 Å². The summed E-state index contributed by atoms with van der Waals surface area (Å²) in [5.74, 6) is 0.551. The highest BCUT2D eigenvalue weighted by molar-refractivity contribution is 7.79. The number of hydrogen-bond acceptors (Lipinski definition) is 6. The Balaban J connectivity index is 0.000000187. The van der Waals surface area contributed by atoms with Gasteiger partial charge in [0.25, 0.3) is 0 Å². The van der Waals surface area contributed by atoms with E-state index in [1.807, 2.05) is 0 Å². The molecule has 1 rings (SSSR count). The maximum Gasteiger partial charge on any atom is 0.307 e. The molecular weight excluding hydrogens is 176 g/mol. The molecule has 8 heteroatoms. The van der Waals surface area contributed by atoms with Crippen LogP contribution in [0.4, 0.5) is 5.82 Å². The van der Waals surface area contributed by atoms with Crippen LogP contribution in [-0.4, -0.2) is 17.5 Å². The molecule has 7 nitrogen and oxygen atoms in total. The Kier molecular flexibility index (Phi) is 3.51. The Labute approximate surface area is 62.4 Å². The Hall–Kier alpha value is -1.12. The van der Waals surface area contributed by atoms with Crippen molar-refractivity contribution in [2.24, 2.45) is 0 Å². The van der Waals surface area contributed by atoms with E-state index in [1.165, 1.54) is 6.26 Å². The zero-order chi connectivity index (χ0) is 8.91. The molecular formula is C3H5N2O5S-. The lowest BCUT2D eigenvalue weighted by Crippen LogP contribution is -2.01. The largest absolute Gasteiger partial charge is 0.759 e. The lowest BCUT2D eigenvalue weighted by atomic mass is 10.7. The zero-order valence-corrected chi connectivity index (χ0v) is 6.00. The number of aromatic amines is 1. The van der Waals surface area contributed by atoms with Crippen molar-refractivity contribution in [1.29, 1.82) is 0 Å². The number of anilines is 1. The van der Waals surface area contributed by atoms with Crippen LogP contribution in [0.3, 0.4) is 0 Å². The molecule has 0 amide bonds. The summed E-state index contributed by atoms with van der Waals surface area (Å²) in [5, 5.41) is 2.40. The predicted molar refractivity (Wildman–Crippen MR) is 30.2 cm³/mol. The molecule has 0 radical (unpaired) electrons. The molecule has 0 unspecified atom stereocenters. The summed E-state index contributed by atoms with van der Waals surface area (Å²) < 4.78 is 38.5. The minimum absolute atomic E-state index is 0.551. The van der Waals surface area contributed by atoms with Crippen molar-refractivity contribution in [3.63, 3.8) is 0 Å². The van der Waals surface area contributed by atoms with Gasteiger partial charge in [-0.15, -0.1) is 0 Å². The lowest BCUT2D eigenvalue weighted by Gasteiger charge is -2.06. The van der Waals surface area contributed by atoms with Crippen molar-refractivity contribution in [2.45, 2.75) is 0 Å². The van der Waals surface area contributed by atoms with E-state index in [9.17, 15) is 0 Å². The van der Waals surface area contributed by atoms with Crippen molar-refractivity contribution in [3.05, 3.63) is 12.3 Å². The van der Waals surface area contributed by atoms with Crippen molar-refractivity contribution >= 4 is 16.2 Å². The van der Waals surface area contributed by atoms with Crippen molar-refractivity contribution < 1.29 is 27.2 Å². The van der Waals surface area contributed by atoms with Crippen LogP contribution >= 0.6 is 0 Å². The molecule has 0 aliphatic carbocycles. The number of H-pyrrole nitrogens is 1. The molecule has 3 N–H and O–H groups in total. The highest BCUT2D eigenvalue weighted by Gasteiger charge is 1.85. The zero-order valence-electron chi connectivity index (χ0n) is 5.18. The fraction of sp³-hybridized carbons (Fsp3) is 0. The molecule has 0 atom stereocenters. The summed E-state index contributed by atoms with van der Waals surface area (Å²) in [4.78, 5) is 0. The number of hydrogen-bond donors (Lipinski definition) is 1. The summed E-state index contributed by atoms with van der Waals surface area (Å²) in [6.07, 6.45) is 1.48. The molecule has 64 valence electrons. The lowest BCUT2D eigenvalue weighted by molar-refractivity contribution is -0.596. The van der Waals surface area contributed by atoms with Gasteiger partial charge >= 0.3 is 5.82 Å². The highest BCUT2D eigenvalue weighted by Crippen LogP contribution is 1.83. The van der Waals surface area contributed by atoms with Gasteiger partial charge in [-0.1, -0.05) is 5.16 Å². The molecule has 0 aliphatic rings. The fourth-order valence-electron chi connectivity index (χ4n) is 0.243. The second-order valence-corrected chi connectivity index (χ2v) is 2.20. The van der Waals surface area contributed by atoms with Crippen LogP contribution in [0.1, 0.15) is 0 Å². The molecule has 1 heterocycles. The summed E-state index contributed by atoms with van der Waals surface area (Å²) in [7, 11) is -5.17. The Bertz CT molecular complexity index is 269. The van der Waals surface area contributed by atoms with Crippen molar-refractivity contribution in [2.75, 3.05) is 5.73 Å². The second-order valence-electron chi connectivity index (χ2n) is 1.39. The monoisotopic (exact) mass is 181 g/mol. The minimum Gasteiger partial charge on any atom is -0.759 e. The molecule has 0 saturated carbocycles. The standard InChI is InChI=1S/C3H4N2O.H2O4S/c4-3-1-2-6-5-3;1-5(2,3)4/h1-2H,(H2,4,5);(H2,1,2,3,4)/p-1. The number of nitrogen functional groups attached to an aromatic ring is 1.